The minimum atomic E-state index is 0.168. The number of piperidine rings is 1. The highest BCUT2D eigenvalue weighted by Gasteiger charge is 2.29. The van der Waals surface area contributed by atoms with Crippen LogP contribution in [-0.2, 0) is 11.3 Å². The summed E-state index contributed by atoms with van der Waals surface area (Å²) in [6.45, 7) is 5.51. The van der Waals surface area contributed by atoms with E-state index in [1.807, 2.05) is 41.1 Å². The maximum atomic E-state index is 12.7. The molecular formula is C16H22N4OS. The van der Waals surface area contributed by atoms with Gasteiger partial charge in [-0.05, 0) is 39.2 Å². The number of thiazole rings is 1. The Morgan fingerprint density at radius 3 is 2.95 bits per heavy atom. The normalized spacial score (nSPS) is 18.6. The van der Waals surface area contributed by atoms with E-state index in [1.165, 1.54) is 6.42 Å². The lowest BCUT2D eigenvalue weighted by Crippen LogP contribution is -2.38. The van der Waals surface area contributed by atoms with Crippen LogP contribution in [0.1, 0.15) is 48.1 Å². The molecule has 2 aromatic rings. The largest absolute Gasteiger partial charge is 0.333 e. The Hall–Kier alpha value is -1.69. The summed E-state index contributed by atoms with van der Waals surface area (Å²) in [5.41, 5.74) is 2.11. The first-order chi connectivity index (χ1) is 10.6. The predicted molar refractivity (Wildman–Crippen MR) is 86.7 cm³/mol. The second kappa shape index (κ2) is 6.60. The van der Waals surface area contributed by atoms with Gasteiger partial charge in [0.1, 0.15) is 5.01 Å². The van der Waals surface area contributed by atoms with Crippen LogP contribution in [0.5, 0.6) is 0 Å². The topological polar surface area (TPSA) is 51.0 Å². The van der Waals surface area contributed by atoms with E-state index < -0.39 is 0 Å². The molecule has 22 heavy (non-hydrogen) atoms. The highest BCUT2D eigenvalue weighted by molar-refractivity contribution is 7.09. The van der Waals surface area contributed by atoms with Gasteiger partial charge in [-0.25, -0.2) is 4.98 Å². The zero-order chi connectivity index (χ0) is 15.5. The molecule has 2 aromatic heterocycles. The quantitative estimate of drug-likeness (QED) is 0.870. The molecule has 6 heteroatoms. The van der Waals surface area contributed by atoms with E-state index in [0.29, 0.717) is 13.0 Å². The molecule has 1 amide bonds. The lowest BCUT2D eigenvalue weighted by molar-refractivity contribution is -0.135. The summed E-state index contributed by atoms with van der Waals surface area (Å²) in [5.74, 6) is 0.215. The lowest BCUT2D eigenvalue weighted by atomic mass is 10.0. The number of rotatable bonds is 4. The first kappa shape index (κ1) is 15.2. The van der Waals surface area contributed by atoms with Crippen molar-refractivity contribution in [2.45, 2.75) is 52.1 Å². The molecule has 1 atom stereocenters. The van der Waals surface area contributed by atoms with E-state index in [2.05, 4.69) is 10.1 Å². The van der Waals surface area contributed by atoms with Crippen molar-refractivity contribution >= 4 is 17.2 Å². The van der Waals surface area contributed by atoms with Crippen LogP contribution in [0.15, 0.2) is 17.6 Å². The van der Waals surface area contributed by atoms with Gasteiger partial charge in [0.25, 0.3) is 0 Å². The van der Waals surface area contributed by atoms with Gasteiger partial charge in [0.05, 0.1) is 11.7 Å². The summed E-state index contributed by atoms with van der Waals surface area (Å²) in [7, 11) is 0. The third kappa shape index (κ3) is 3.21. The minimum absolute atomic E-state index is 0.168. The monoisotopic (exact) mass is 318 g/mol. The van der Waals surface area contributed by atoms with Crippen molar-refractivity contribution in [2.24, 2.45) is 0 Å². The number of amides is 1. The van der Waals surface area contributed by atoms with Crippen molar-refractivity contribution in [2.75, 3.05) is 6.54 Å². The van der Waals surface area contributed by atoms with Gasteiger partial charge < -0.3 is 4.90 Å². The fraction of sp³-hybridized carbons (Fsp3) is 0.562. The third-order valence-corrected chi connectivity index (χ3v) is 5.08. The van der Waals surface area contributed by atoms with Crippen LogP contribution in [0.3, 0.4) is 0 Å². The zero-order valence-electron chi connectivity index (χ0n) is 13.2. The van der Waals surface area contributed by atoms with Crippen LogP contribution >= 0.6 is 11.3 Å². The predicted octanol–water partition coefficient (Wildman–Crippen LogP) is 3.10. The Balaban J connectivity index is 1.66. The van der Waals surface area contributed by atoms with Gasteiger partial charge in [0.15, 0.2) is 0 Å². The number of aryl methyl sites for hydroxylation is 3. The van der Waals surface area contributed by atoms with Crippen LogP contribution < -0.4 is 0 Å². The number of nitrogens with zero attached hydrogens (tertiary/aromatic N) is 4. The molecule has 118 valence electrons. The van der Waals surface area contributed by atoms with Crippen molar-refractivity contribution < 1.29 is 4.79 Å². The number of carbonyl (C=O) groups is 1. The zero-order valence-corrected chi connectivity index (χ0v) is 14.0. The van der Waals surface area contributed by atoms with E-state index in [0.717, 1.165) is 35.8 Å². The molecule has 0 spiro atoms. The first-order valence-electron chi connectivity index (χ1n) is 7.85. The first-order valence-corrected chi connectivity index (χ1v) is 8.73. The molecule has 1 aliphatic rings. The minimum Gasteiger partial charge on any atom is -0.333 e. The number of hydrogen-bond donors (Lipinski definition) is 0. The molecule has 0 saturated carbocycles. The average molecular weight is 318 g/mol. The molecule has 0 N–H and O–H groups in total. The van der Waals surface area contributed by atoms with Crippen molar-refractivity contribution in [1.82, 2.24) is 19.7 Å². The summed E-state index contributed by atoms with van der Waals surface area (Å²) in [6, 6.07) is 2.21. The second-order valence-corrected chi connectivity index (χ2v) is 6.80. The van der Waals surface area contributed by atoms with Crippen molar-refractivity contribution in [3.63, 3.8) is 0 Å². The summed E-state index contributed by atoms with van der Waals surface area (Å²) < 4.78 is 1.93. The Kier molecular flexibility index (Phi) is 4.57. The third-order valence-electron chi connectivity index (χ3n) is 4.20. The molecule has 0 bridgehead atoms. The van der Waals surface area contributed by atoms with Gasteiger partial charge in [-0.3, -0.25) is 9.48 Å². The summed E-state index contributed by atoms with van der Waals surface area (Å²) in [5, 5.41) is 7.49. The van der Waals surface area contributed by atoms with Crippen LogP contribution in [0, 0.1) is 13.8 Å². The average Bonchev–Trinajstić information content (AvgIpc) is 3.14. The molecule has 5 nitrogen and oxygen atoms in total. The molecule has 0 unspecified atom stereocenters. The summed E-state index contributed by atoms with van der Waals surface area (Å²) >= 11 is 1.65. The molecule has 0 aromatic carbocycles. The van der Waals surface area contributed by atoms with Crippen LogP contribution in [0.4, 0.5) is 0 Å². The van der Waals surface area contributed by atoms with E-state index in [1.54, 1.807) is 11.3 Å². The standard InChI is InChI=1S/C16H22N4OS/c1-12-11-13(2)20(18-12)9-6-15(21)19-8-4-3-5-14(19)16-17-7-10-22-16/h7,10-11,14H,3-6,8-9H2,1-2H3/t14-/m1/s1. The van der Waals surface area contributed by atoms with Crippen molar-refractivity contribution in [3.05, 3.63) is 34.0 Å². The Morgan fingerprint density at radius 1 is 1.41 bits per heavy atom. The molecule has 3 heterocycles. The second-order valence-electron chi connectivity index (χ2n) is 5.87. The summed E-state index contributed by atoms with van der Waals surface area (Å²) in [6.07, 6.45) is 5.62. The summed E-state index contributed by atoms with van der Waals surface area (Å²) in [4.78, 5) is 19.1. The van der Waals surface area contributed by atoms with Gasteiger partial charge >= 0.3 is 0 Å². The maximum Gasteiger partial charge on any atom is 0.225 e. The molecule has 0 aliphatic carbocycles. The number of carbonyl (C=O) groups excluding carboxylic acids is 1. The molecule has 1 saturated heterocycles. The van der Waals surface area contributed by atoms with Crippen LogP contribution in [-0.4, -0.2) is 32.1 Å². The highest BCUT2D eigenvalue weighted by Crippen LogP contribution is 2.32. The van der Waals surface area contributed by atoms with Gasteiger partial charge in [0.2, 0.25) is 5.91 Å². The van der Waals surface area contributed by atoms with E-state index >= 15 is 0 Å². The lowest BCUT2D eigenvalue weighted by Gasteiger charge is -2.34. The van der Waals surface area contributed by atoms with Gasteiger partial charge in [-0.1, -0.05) is 0 Å². The Labute approximate surface area is 135 Å². The molecule has 0 radical (unpaired) electrons. The molecular weight excluding hydrogens is 296 g/mol. The van der Waals surface area contributed by atoms with E-state index in [9.17, 15) is 4.79 Å². The van der Waals surface area contributed by atoms with Crippen molar-refractivity contribution in [1.29, 1.82) is 0 Å². The molecule has 3 rings (SSSR count). The van der Waals surface area contributed by atoms with Gasteiger partial charge in [0, 0.05) is 36.8 Å². The smallest absolute Gasteiger partial charge is 0.225 e. The van der Waals surface area contributed by atoms with E-state index in [-0.39, 0.29) is 11.9 Å². The maximum absolute atomic E-state index is 12.7. The molecule has 1 aliphatic heterocycles. The number of hydrogen-bond acceptors (Lipinski definition) is 4. The van der Waals surface area contributed by atoms with Gasteiger partial charge in [-0.2, -0.15) is 5.10 Å². The van der Waals surface area contributed by atoms with Crippen molar-refractivity contribution in [3.8, 4) is 0 Å². The fourth-order valence-corrected chi connectivity index (χ4v) is 3.92. The van der Waals surface area contributed by atoms with Gasteiger partial charge in [-0.15, -0.1) is 11.3 Å². The highest BCUT2D eigenvalue weighted by atomic mass is 32.1. The van der Waals surface area contributed by atoms with E-state index in [4.69, 9.17) is 0 Å². The Morgan fingerprint density at radius 2 is 2.27 bits per heavy atom. The fourth-order valence-electron chi connectivity index (χ4n) is 3.13. The SMILES string of the molecule is Cc1cc(C)n(CCC(=O)N2CCCC[C@@H]2c2nccs2)n1. The molecule has 1 fully saturated rings. The van der Waals surface area contributed by atoms with Crippen LogP contribution in [0.25, 0.3) is 0 Å². The number of aromatic nitrogens is 3. The number of likely N-dealkylation sites (tertiary alicyclic amines) is 1. The Bertz CT molecular complexity index is 635. The van der Waals surface area contributed by atoms with Crippen LogP contribution in [0.2, 0.25) is 0 Å².